The van der Waals surface area contributed by atoms with Gasteiger partial charge in [-0.3, -0.25) is 28.8 Å². The number of rotatable bonds is 13. The molecule has 3 unspecified atom stereocenters. The van der Waals surface area contributed by atoms with Crippen LogP contribution >= 0.6 is 0 Å². The first-order chi connectivity index (χ1) is 12.9. The van der Waals surface area contributed by atoms with E-state index in [0.29, 0.717) is 0 Å². The van der Waals surface area contributed by atoms with Gasteiger partial charge in [0, 0.05) is 12.8 Å². The molecule has 0 aliphatic carbocycles. The molecule has 10 N–H and O–H groups in total. The lowest BCUT2D eigenvalue weighted by molar-refractivity contribution is -0.138. The number of carboxylic acid groups (broad SMARTS) is 1. The summed E-state index contributed by atoms with van der Waals surface area (Å²) in [5, 5.41) is 15.2. The zero-order valence-corrected chi connectivity index (χ0v) is 15.4. The Morgan fingerprint density at radius 3 is 1.89 bits per heavy atom. The van der Waals surface area contributed by atoms with Crippen molar-refractivity contribution in [2.45, 2.75) is 50.7 Å². The van der Waals surface area contributed by atoms with Gasteiger partial charge in [-0.05, 0) is 19.8 Å². The van der Waals surface area contributed by atoms with E-state index in [2.05, 4.69) is 16.0 Å². The van der Waals surface area contributed by atoms with Gasteiger partial charge in [-0.2, -0.15) is 0 Å². The highest BCUT2D eigenvalue weighted by Crippen LogP contribution is 2.01. The van der Waals surface area contributed by atoms with Crippen molar-refractivity contribution in [1.29, 1.82) is 0 Å². The molecule has 0 spiro atoms. The average Bonchev–Trinajstić information content (AvgIpc) is 2.60. The minimum Gasteiger partial charge on any atom is -0.480 e. The molecule has 0 aromatic rings. The summed E-state index contributed by atoms with van der Waals surface area (Å²) in [6.45, 7) is 0.677. The van der Waals surface area contributed by atoms with Crippen LogP contribution in [-0.4, -0.2) is 65.3 Å². The Balaban J connectivity index is 4.92. The van der Waals surface area contributed by atoms with Gasteiger partial charge in [0.05, 0.1) is 6.04 Å². The highest BCUT2D eigenvalue weighted by atomic mass is 16.4. The lowest BCUT2D eigenvalue weighted by atomic mass is 10.1. The van der Waals surface area contributed by atoms with Gasteiger partial charge < -0.3 is 38.3 Å². The zero-order chi connectivity index (χ0) is 21.9. The van der Waals surface area contributed by atoms with Crippen LogP contribution in [0.4, 0.5) is 0 Å². The van der Waals surface area contributed by atoms with Crippen molar-refractivity contribution in [2.75, 3.05) is 6.54 Å². The fourth-order valence-electron chi connectivity index (χ4n) is 1.96. The second-order valence-electron chi connectivity index (χ2n) is 6.02. The SMILES string of the molecule is CC(NC(=O)C(CCC(N)=O)NC(=O)C(N)CCC(N)=O)C(=O)NCC(=O)O. The standard InChI is InChI=1S/C15H26N6O7/c1-7(13(26)19-6-12(24)25)20-15(28)9(3-5-11(18)23)21-14(27)8(16)2-4-10(17)22/h7-9H,2-6,16H2,1H3,(H2,17,22)(H2,18,23)(H,19,26)(H,20,28)(H,21,27)(H,24,25). The Hall–Kier alpha value is -3.22. The van der Waals surface area contributed by atoms with Gasteiger partial charge in [-0.15, -0.1) is 0 Å². The quantitative estimate of drug-likeness (QED) is 0.160. The highest BCUT2D eigenvalue weighted by molar-refractivity contribution is 5.93. The number of primary amides is 2. The molecule has 13 heteroatoms. The maximum absolute atomic E-state index is 12.3. The molecule has 13 nitrogen and oxygen atoms in total. The molecule has 28 heavy (non-hydrogen) atoms. The third-order valence-corrected chi connectivity index (χ3v) is 3.52. The number of carboxylic acids is 1. The molecule has 5 amide bonds. The van der Waals surface area contributed by atoms with E-state index in [0.717, 1.165) is 0 Å². The van der Waals surface area contributed by atoms with E-state index in [4.69, 9.17) is 22.3 Å². The number of hydrogen-bond donors (Lipinski definition) is 7. The average molecular weight is 402 g/mol. The van der Waals surface area contributed by atoms with Gasteiger partial charge in [-0.1, -0.05) is 0 Å². The largest absolute Gasteiger partial charge is 0.480 e. The fourth-order valence-corrected chi connectivity index (χ4v) is 1.96. The van der Waals surface area contributed by atoms with Crippen LogP contribution in [0.25, 0.3) is 0 Å². The van der Waals surface area contributed by atoms with Crippen molar-refractivity contribution in [3.05, 3.63) is 0 Å². The van der Waals surface area contributed by atoms with Gasteiger partial charge >= 0.3 is 5.97 Å². The number of carbonyl (C=O) groups excluding carboxylic acids is 5. The van der Waals surface area contributed by atoms with Crippen LogP contribution in [0.1, 0.15) is 32.6 Å². The molecule has 0 saturated carbocycles. The van der Waals surface area contributed by atoms with Gasteiger partial charge in [-0.25, -0.2) is 0 Å². The minimum atomic E-state index is -1.26. The van der Waals surface area contributed by atoms with E-state index in [1.807, 2.05) is 0 Å². The van der Waals surface area contributed by atoms with Crippen molar-refractivity contribution < 1.29 is 33.9 Å². The molecule has 0 aliphatic heterocycles. The van der Waals surface area contributed by atoms with E-state index in [-0.39, 0.29) is 25.7 Å². The summed E-state index contributed by atoms with van der Waals surface area (Å²) in [4.78, 5) is 68.4. The van der Waals surface area contributed by atoms with Crippen molar-refractivity contribution in [3.63, 3.8) is 0 Å². The summed E-state index contributed by atoms with van der Waals surface area (Å²) < 4.78 is 0. The second kappa shape index (κ2) is 12.2. The molecule has 158 valence electrons. The molecule has 0 saturated heterocycles. The van der Waals surface area contributed by atoms with E-state index in [1.165, 1.54) is 6.92 Å². The molecule has 3 atom stereocenters. The van der Waals surface area contributed by atoms with E-state index < -0.39 is 60.2 Å². The number of nitrogens with one attached hydrogen (secondary N) is 3. The third kappa shape index (κ3) is 10.7. The van der Waals surface area contributed by atoms with Crippen LogP contribution < -0.4 is 33.2 Å². The monoisotopic (exact) mass is 402 g/mol. The molecule has 0 aromatic carbocycles. The number of aliphatic carboxylic acids is 1. The van der Waals surface area contributed by atoms with Crippen molar-refractivity contribution >= 4 is 35.5 Å². The molecular weight excluding hydrogens is 376 g/mol. The lowest BCUT2D eigenvalue weighted by Gasteiger charge is -2.22. The lowest BCUT2D eigenvalue weighted by Crippen LogP contribution is -2.55. The Labute approximate surface area is 160 Å². The number of amides is 5. The summed E-state index contributed by atoms with van der Waals surface area (Å²) in [6.07, 6.45) is -0.555. The summed E-state index contributed by atoms with van der Waals surface area (Å²) in [6, 6.07) is -3.45. The van der Waals surface area contributed by atoms with Crippen LogP contribution in [0.3, 0.4) is 0 Å². The molecule has 0 bridgehead atoms. The zero-order valence-electron chi connectivity index (χ0n) is 15.4. The summed E-state index contributed by atoms with van der Waals surface area (Å²) in [5.74, 6) is -4.93. The molecule has 0 aliphatic rings. The smallest absolute Gasteiger partial charge is 0.322 e. The first-order valence-electron chi connectivity index (χ1n) is 8.36. The summed E-state index contributed by atoms with van der Waals surface area (Å²) in [7, 11) is 0. The Bertz CT molecular complexity index is 624. The van der Waals surface area contributed by atoms with E-state index >= 15 is 0 Å². The van der Waals surface area contributed by atoms with Gasteiger partial charge in [0.25, 0.3) is 0 Å². The van der Waals surface area contributed by atoms with Crippen molar-refractivity contribution in [1.82, 2.24) is 16.0 Å². The molecule has 0 fully saturated rings. The van der Waals surface area contributed by atoms with Gasteiger partial charge in [0.1, 0.15) is 18.6 Å². The summed E-state index contributed by atoms with van der Waals surface area (Å²) >= 11 is 0. The third-order valence-electron chi connectivity index (χ3n) is 3.52. The van der Waals surface area contributed by atoms with Crippen LogP contribution in [0.2, 0.25) is 0 Å². The first-order valence-corrected chi connectivity index (χ1v) is 8.36. The normalized spacial score (nSPS) is 13.5. The summed E-state index contributed by atoms with van der Waals surface area (Å²) in [5.41, 5.74) is 15.7. The molecule has 0 heterocycles. The molecular formula is C15H26N6O7. The van der Waals surface area contributed by atoms with Crippen molar-refractivity contribution in [3.8, 4) is 0 Å². The Morgan fingerprint density at radius 1 is 0.857 bits per heavy atom. The fraction of sp³-hybridized carbons (Fsp3) is 0.600. The number of hydrogen-bond acceptors (Lipinski definition) is 7. The maximum atomic E-state index is 12.3. The number of nitrogens with two attached hydrogens (primary N) is 3. The molecule has 0 rings (SSSR count). The minimum absolute atomic E-state index is 0.0423. The predicted molar refractivity (Wildman–Crippen MR) is 95.0 cm³/mol. The molecule has 0 radical (unpaired) electrons. The van der Waals surface area contributed by atoms with Gasteiger partial charge in [0.15, 0.2) is 0 Å². The maximum Gasteiger partial charge on any atom is 0.322 e. The Morgan fingerprint density at radius 2 is 1.39 bits per heavy atom. The Kier molecular flexibility index (Phi) is 10.8. The van der Waals surface area contributed by atoms with Crippen LogP contribution in [0.15, 0.2) is 0 Å². The van der Waals surface area contributed by atoms with Crippen LogP contribution in [0, 0.1) is 0 Å². The van der Waals surface area contributed by atoms with Gasteiger partial charge in [0.2, 0.25) is 29.5 Å². The van der Waals surface area contributed by atoms with Crippen molar-refractivity contribution in [2.24, 2.45) is 17.2 Å². The van der Waals surface area contributed by atoms with E-state index in [9.17, 15) is 28.8 Å². The van der Waals surface area contributed by atoms with Crippen LogP contribution in [0.5, 0.6) is 0 Å². The van der Waals surface area contributed by atoms with Crippen LogP contribution in [-0.2, 0) is 28.8 Å². The topological polar surface area (TPSA) is 237 Å². The predicted octanol–water partition coefficient (Wildman–Crippen LogP) is -3.96. The van der Waals surface area contributed by atoms with E-state index in [1.54, 1.807) is 0 Å². The molecule has 0 aromatic heterocycles. The first kappa shape index (κ1) is 24.8. The second-order valence-corrected chi connectivity index (χ2v) is 6.02. The number of carbonyl (C=O) groups is 6. The highest BCUT2D eigenvalue weighted by Gasteiger charge is 2.26.